The molecule has 0 amide bonds. The van der Waals surface area contributed by atoms with Crippen molar-refractivity contribution in [3.63, 3.8) is 0 Å². The van der Waals surface area contributed by atoms with Crippen molar-refractivity contribution in [1.82, 2.24) is 24.6 Å². The summed E-state index contributed by atoms with van der Waals surface area (Å²) in [6.45, 7) is 4.77. The molecule has 7 heteroatoms. The maximum atomic E-state index is 13.3. The van der Waals surface area contributed by atoms with Crippen molar-refractivity contribution in [3.05, 3.63) is 77.7 Å². The van der Waals surface area contributed by atoms with Crippen LogP contribution in [0.25, 0.3) is 10.9 Å². The molecule has 0 saturated heterocycles. The molecule has 166 valence electrons. The molecule has 0 fully saturated rings. The second-order valence-corrected chi connectivity index (χ2v) is 9.48. The van der Waals surface area contributed by atoms with Crippen LogP contribution in [0.4, 0.5) is 0 Å². The van der Waals surface area contributed by atoms with Crippen LogP contribution in [-0.2, 0) is 6.54 Å². The average molecular weight is 448 g/mol. The third-order valence-corrected chi connectivity index (χ3v) is 6.82. The van der Waals surface area contributed by atoms with Gasteiger partial charge in [0.05, 0.1) is 17.8 Å². The summed E-state index contributed by atoms with van der Waals surface area (Å²) in [5.74, 6) is 1.01. The highest BCUT2D eigenvalue weighted by atomic mass is 32.2. The molecule has 1 N–H and O–H groups in total. The van der Waals surface area contributed by atoms with Crippen LogP contribution in [-0.4, -0.2) is 49.8 Å². The number of fused-ring (bicyclic) bond motifs is 1. The summed E-state index contributed by atoms with van der Waals surface area (Å²) in [6, 6.07) is 18.4. The van der Waals surface area contributed by atoms with Crippen molar-refractivity contribution >= 4 is 28.4 Å². The van der Waals surface area contributed by atoms with Gasteiger partial charge in [-0.05, 0) is 39.1 Å². The van der Waals surface area contributed by atoms with Gasteiger partial charge in [0.1, 0.15) is 0 Å². The standard InChI is InChI=1S/C25H29N5OS/c1-5-22(29(3)4)24-27-28-25(30(24)16-18-11-7-6-8-12-18)32-17(2)23(31)20-15-26-21-14-10-9-13-19(20)21/h6-15,17,22,26H,5,16H2,1-4H3. The van der Waals surface area contributed by atoms with Gasteiger partial charge in [-0.25, -0.2) is 0 Å². The van der Waals surface area contributed by atoms with Crippen LogP contribution in [0, 0.1) is 0 Å². The van der Waals surface area contributed by atoms with Gasteiger partial charge in [0.15, 0.2) is 16.8 Å². The third kappa shape index (κ3) is 4.49. The second kappa shape index (κ2) is 9.71. The van der Waals surface area contributed by atoms with E-state index in [-0.39, 0.29) is 17.1 Å². The average Bonchev–Trinajstić information content (AvgIpc) is 3.39. The highest BCUT2D eigenvalue weighted by Crippen LogP contribution is 2.31. The van der Waals surface area contributed by atoms with Gasteiger partial charge in [-0.3, -0.25) is 9.69 Å². The van der Waals surface area contributed by atoms with Crippen LogP contribution in [0.3, 0.4) is 0 Å². The van der Waals surface area contributed by atoms with E-state index in [1.807, 2.05) is 55.6 Å². The molecule has 0 aliphatic carbocycles. The molecular weight excluding hydrogens is 418 g/mol. The van der Waals surface area contributed by atoms with Gasteiger partial charge in [-0.2, -0.15) is 0 Å². The molecule has 32 heavy (non-hydrogen) atoms. The predicted octanol–water partition coefficient (Wildman–Crippen LogP) is 5.18. The van der Waals surface area contributed by atoms with Crippen LogP contribution in [0.5, 0.6) is 0 Å². The molecule has 2 aromatic heterocycles. The Bertz CT molecular complexity index is 1200. The van der Waals surface area contributed by atoms with E-state index < -0.39 is 0 Å². The quantitative estimate of drug-likeness (QED) is 0.283. The lowest BCUT2D eigenvalue weighted by atomic mass is 10.1. The smallest absolute Gasteiger partial charge is 0.192 e. The first-order chi connectivity index (χ1) is 15.5. The fourth-order valence-electron chi connectivity index (χ4n) is 4.03. The molecule has 6 nitrogen and oxygen atoms in total. The first kappa shape index (κ1) is 22.3. The number of ketones is 1. The number of carbonyl (C=O) groups excluding carboxylic acids is 1. The molecule has 0 aliphatic rings. The van der Waals surface area contributed by atoms with E-state index >= 15 is 0 Å². The van der Waals surface area contributed by atoms with Crippen LogP contribution in [0.1, 0.15) is 48.1 Å². The molecule has 2 atom stereocenters. The van der Waals surface area contributed by atoms with Gasteiger partial charge in [0, 0.05) is 22.7 Å². The van der Waals surface area contributed by atoms with E-state index in [1.165, 1.54) is 17.3 Å². The van der Waals surface area contributed by atoms with Crippen molar-refractivity contribution in [2.45, 2.75) is 43.3 Å². The molecule has 2 unspecified atom stereocenters. The fraction of sp³-hybridized carbons (Fsp3) is 0.320. The Morgan fingerprint density at radius 2 is 1.81 bits per heavy atom. The van der Waals surface area contributed by atoms with Crippen molar-refractivity contribution in [1.29, 1.82) is 0 Å². The molecule has 4 aromatic rings. The summed E-state index contributed by atoms with van der Waals surface area (Å²) in [5, 5.41) is 10.5. The van der Waals surface area contributed by atoms with Crippen LogP contribution in [0.2, 0.25) is 0 Å². The van der Waals surface area contributed by atoms with E-state index in [2.05, 4.69) is 57.8 Å². The topological polar surface area (TPSA) is 66.8 Å². The lowest BCUT2D eigenvalue weighted by Gasteiger charge is -2.23. The number of para-hydroxylation sites is 1. The number of Topliss-reactive ketones (excluding diaryl/α,β-unsaturated/α-hetero) is 1. The first-order valence-corrected chi connectivity index (χ1v) is 11.8. The number of thioether (sulfide) groups is 1. The van der Waals surface area contributed by atoms with Gasteiger partial charge in [0.25, 0.3) is 0 Å². The summed E-state index contributed by atoms with van der Waals surface area (Å²) >= 11 is 1.47. The summed E-state index contributed by atoms with van der Waals surface area (Å²) in [6.07, 6.45) is 2.73. The minimum absolute atomic E-state index is 0.0860. The SMILES string of the molecule is CCC(c1nnc(SC(C)C(=O)c2c[nH]c3ccccc23)n1Cc1ccccc1)N(C)C. The second-order valence-electron chi connectivity index (χ2n) is 8.17. The number of hydrogen-bond acceptors (Lipinski definition) is 5. The molecule has 2 heterocycles. The number of nitrogens with zero attached hydrogens (tertiary/aromatic N) is 4. The van der Waals surface area contributed by atoms with E-state index in [0.717, 1.165) is 33.9 Å². The number of carbonyl (C=O) groups is 1. The number of hydrogen-bond donors (Lipinski definition) is 1. The molecule has 0 radical (unpaired) electrons. The van der Waals surface area contributed by atoms with Gasteiger partial charge in [-0.15, -0.1) is 10.2 Å². The van der Waals surface area contributed by atoms with E-state index in [0.29, 0.717) is 6.54 Å². The van der Waals surface area contributed by atoms with E-state index in [4.69, 9.17) is 0 Å². The van der Waals surface area contributed by atoms with Gasteiger partial charge in [-0.1, -0.05) is 67.2 Å². The van der Waals surface area contributed by atoms with Crippen molar-refractivity contribution in [2.24, 2.45) is 0 Å². The van der Waals surface area contributed by atoms with Gasteiger partial charge >= 0.3 is 0 Å². The number of rotatable bonds is 9. The largest absolute Gasteiger partial charge is 0.360 e. The maximum absolute atomic E-state index is 13.3. The lowest BCUT2D eigenvalue weighted by molar-refractivity contribution is 0.0995. The molecule has 0 bridgehead atoms. The zero-order valence-corrected chi connectivity index (χ0v) is 19.8. The Kier molecular flexibility index (Phi) is 6.77. The highest BCUT2D eigenvalue weighted by Gasteiger charge is 2.26. The Morgan fingerprint density at radius 3 is 2.53 bits per heavy atom. The van der Waals surface area contributed by atoms with Crippen LogP contribution in [0.15, 0.2) is 66.0 Å². The molecule has 2 aromatic carbocycles. The van der Waals surface area contributed by atoms with Crippen molar-refractivity contribution < 1.29 is 4.79 Å². The minimum atomic E-state index is -0.291. The lowest BCUT2D eigenvalue weighted by Crippen LogP contribution is -2.23. The van der Waals surface area contributed by atoms with Crippen LogP contribution >= 0.6 is 11.8 Å². The summed E-state index contributed by atoms with van der Waals surface area (Å²) < 4.78 is 2.16. The number of aromatic amines is 1. The zero-order valence-electron chi connectivity index (χ0n) is 18.9. The summed E-state index contributed by atoms with van der Waals surface area (Å²) in [5.41, 5.74) is 2.87. The fourth-order valence-corrected chi connectivity index (χ4v) is 4.96. The van der Waals surface area contributed by atoms with Crippen molar-refractivity contribution in [2.75, 3.05) is 14.1 Å². The third-order valence-electron chi connectivity index (χ3n) is 5.74. The Balaban J connectivity index is 1.65. The first-order valence-electron chi connectivity index (χ1n) is 10.9. The highest BCUT2D eigenvalue weighted by molar-refractivity contribution is 8.00. The molecular formula is C25H29N5OS. The maximum Gasteiger partial charge on any atom is 0.192 e. The summed E-state index contributed by atoms with van der Waals surface area (Å²) in [7, 11) is 4.12. The Labute approximate surface area is 193 Å². The molecule has 0 spiro atoms. The number of aromatic nitrogens is 4. The monoisotopic (exact) mass is 447 g/mol. The Morgan fingerprint density at radius 1 is 1.09 bits per heavy atom. The van der Waals surface area contributed by atoms with Gasteiger partial charge < -0.3 is 9.55 Å². The number of H-pyrrole nitrogens is 1. The van der Waals surface area contributed by atoms with E-state index in [1.54, 1.807) is 0 Å². The van der Waals surface area contributed by atoms with Crippen LogP contribution < -0.4 is 0 Å². The van der Waals surface area contributed by atoms with Gasteiger partial charge in [0.2, 0.25) is 0 Å². The minimum Gasteiger partial charge on any atom is -0.360 e. The number of nitrogens with one attached hydrogen (secondary N) is 1. The predicted molar refractivity (Wildman–Crippen MR) is 130 cm³/mol. The zero-order chi connectivity index (χ0) is 22.7. The number of benzene rings is 2. The van der Waals surface area contributed by atoms with E-state index in [9.17, 15) is 4.79 Å². The Hall–Kier alpha value is -2.90. The summed E-state index contributed by atoms with van der Waals surface area (Å²) in [4.78, 5) is 18.7. The normalized spacial score (nSPS) is 13.5. The molecule has 0 aliphatic heterocycles. The molecule has 0 saturated carbocycles. The molecule has 4 rings (SSSR count). The van der Waals surface area contributed by atoms with Crippen molar-refractivity contribution in [3.8, 4) is 0 Å².